The van der Waals surface area contributed by atoms with Crippen LogP contribution in [0.1, 0.15) is 0 Å². The second-order valence-electron chi connectivity index (χ2n) is 7.82. The molecule has 20 heteroatoms. The van der Waals surface area contributed by atoms with Crippen LogP contribution in [0.25, 0.3) is 0 Å². The van der Waals surface area contributed by atoms with E-state index in [4.69, 9.17) is 9.47 Å². The first kappa shape index (κ1) is 29.6. The van der Waals surface area contributed by atoms with Gasteiger partial charge in [0.1, 0.15) is 30.2 Å². The lowest BCUT2D eigenvalue weighted by atomic mass is 10.0. The van der Waals surface area contributed by atoms with Crippen LogP contribution in [0.2, 0.25) is 0 Å². The Balaban J connectivity index is 1.58. The van der Waals surface area contributed by atoms with Gasteiger partial charge in [0.2, 0.25) is 0 Å². The quantitative estimate of drug-likeness (QED) is 0.0963. The molecule has 1 amide bonds. The zero-order valence-electron chi connectivity index (χ0n) is 18.2. The fourth-order valence-electron chi connectivity index (χ4n) is 3.45. The highest BCUT2D eigenvalue weighted by Crippen LogP contribution is 2.61. The van der Waals surface area contributed by atoms with Gasteiger partial charge in [-0.3, -0.25) is 13.8 Å². The number of rotatable bonds is 9. The molecule has 3 aliphatic heterocycles. The van der Waals surface area contributed by atoms with Crippen LogP contribution in [0.3, 0.4) is 0 Å². The Kier molecular flexibility index (Phi) is 9.42. The van der Waals surface area contributed by atoms with Crippen LogP contribution in [0.5, 0.6) is 0 Å². The molecule has 206 valence electrons. The lowest BCUT2D eigenvalue weighted by Gasteiger charge is -2.40. The minimum absolute atomic E-state index is 0.0137. The molecule has 0 spiro atoms. The Morgan fingerprint density at radius 3 is 2.33 bits per heavy atom. The molecule has 0 aromatic heterocycles. The monoisotopic (exact) mass is 580 g/mol. The fourth-order valence-corrected chi connectivity index (χ4v) is 5.95. The normalized spacial score (nSPS) is 40.6. The van der Waals surface area contributed by atoms with Crippen LogP contribution in [-0.4, -0.2) is 114 Å². The van der Waals surface area contributed by atoms with E-state index in [0.29, 0.717) is 0 Å². The van der Waals surface area contributed by atoms with Crippen molar-refractivity contribution >= 4 is 34.2 Å². The molecule has 2 saturated heterocycles. The fraction of sp³-hybridized carbons (Fsp3) is 0.688. The van der Waals surface area contributed by atoms with Gasteiger partial charge < -0.3 is 55.0 Å². The molecule has 8 N–H and O–H groups in total. The Bertz CT molecular complexity index is 968. The van der Waals surface area contributed by atoms with Crippen molar-refractivity contribution in [2.24, 2.45) is 0 Å². The maximum atomic E-state index is 12.2. The van der Waals surface area contributed by atoms with E-state index in [-0.39, 0.29) is 5.82 Å². The van der Waals surface area contributed by atoms with Crippen molar-refractivity contribution in [3.63, 3.8) is 0 Å². The van der Waals surface area contributed by atoms with Crippen LogP contribution in [0.15, 0.2) is 24.7 Å². The number of ether oxygens (including phenoxy) is 2. The van der Waals surface area contributed by atoms with Gasteiger partial charge in [-0.05, 0) is 0 Å². The van der Waals surface area contributed by atoms with E-state index in [1.165, 1.54) is 11.1 Å². The maximum absolute atomic E-state index is 12.2. The molecule has 0 saturated carbocycles. The average molecular weight is 580 g/mol. The minimum atomic E-state index is -5.50. The first-order chi connectivity index (χ1) is 16.7. The molecule has 0 aromatic carbocycles. The topological polar surface area (TPSA) is 254 Å². The highest BCUT2D eigenvalue weighted by molar-refractivity contribution is 7.81. The second-order valence-corrected chi connectivity index (χ2v) is 11.4. The van der Waals surface area contributed by atoms with Crippen LogP contribution < -0.4 is 5.32 Å². The van der Waals surface area contributed by atoms with Gasteiger partial charge in [0.25, 0.3) is 5.91 Å². The van der Waals surface area contributed by atoms with Gasteiger partial charge in [-0.1, -0.05) is 6.58 Å². The molecular weight excluding hydrogens is 554 g/mol. The van der Waals surface area contributed by atoms with E-state index in [0.717, 1.165) is 6.08 Å². The standard InChI is InChI=1S/C16H26N2O15P2S/c1-6-17-9(20)2-3-18(6)15-12(23)10(21)8(30-15)5-29-34(25,26)33-35(27,28)32-16-13(24)11(22)14(36)7(4-19)31-16/h2-3,7-8,10-16,19,21-24,36H,1,4-5H2,(H,17,20)(H,25,26)(H,27,28)/t7?,8-,10?,11-,12+,13?,14-,15-,16-/m1/s1. The van der Waals surface area contributed by atoms with E-state index in [1.807, 2.05) is 0 Å². The van der Waals surface area contributed by atoms with E-state index in [9.17, 15) is 49.2 Å². The molecule has 3 aliphatic rings. The smallest absolute Gasteiger partial charge is 0.394 e. The van der Waals surface area contributed by atoms with Crippen molar-refractivity contribution in [1.82, 2.24) is 10.2 Å². The Labute approximate surface area is 209 Å². The Morgan fingerprint density at radius 2 is 1.72 bits per heavy atom. The van der Waals surface area contributed by atoms with Crippen molar-refractivity contribution < 1.29 is 72.1 Å². The van der Waals surface area contributed by atoms with Crippen molar-refractivity contribution in [3.8, 4) is 0 Å². The highest BCUT2D eigenvalue weighted by Gasteiger charge is 2.49. The third-order valence-electron chi connectivity index (χ3n) is 5.27. The van der Waals surface area contributed by atoms with Crippen molar-refractivity contribution in [2.75, 3.05) is 13.2 Å². The number of thiol groups is 1. The summed E-state index contributed by atoms with van der Waals surface area (Å²) in [4.78, 5) is 32.2. The number of aliphatic hydroxyl groups excluding tert-OH is 5. The van der Waals surface area contributed by atoms with E-state index >= 15 is 0 Å². The molecule has 3 rings (SSSR count). The summed E-state index contributed by atoms with van der Waals surface area (Å²) in [6.07, 6.45) is -10.6. The number of nitrogens with one attached hydrogen (secondary N) is 1. The third kappa shape index (κ3) is 6.74. The third-order valence-corrected chi connectivity index (χ3v) is 8.51. The Morgan fingerprint density at radius 1 is 1.06 bits per heavy atom. The number of phosphoric acid groups is 2. The molecular formula is C16H26N2O15P2S. The van der Waals surface area contributed by atoms with E-state index in [1.54, 1.807) is 0 Å². The van der Waals surface area contributed by atoms with E-state index in [2.05, 4.69) is 37.9 Å². The van der Waals surface area contributed by atoms with E-state index < -0.39 is 89.2 Å². The largest absolute Gasteiger partial charge is 0.483 e. The molecule has 0 bridgehead atoms. The van der Waals surface area contributed by atoms with Gasteiger partial charge in [0.05, 0.1) is 30.7 Å². The lowest BCUT2D eigenvalue weighted by Crippen LogP contribution is -2.57. The maximum Gasteiger partial charge on any atom is 0.483 e. The molecule has 17 nitrogen and oxygen atoms in total. The first-order valence-electron chi connectivity index (χ1n) is 10.1. The minimum Gasteiger partial charge on any atom is -0.394 e. The lowest BCUT2D eigenvalue weighted by molar-refractivity contribution is -0.241. The second kappa shape index (κ2) is 11.4. The van der Waals surface area contributed by atoms with Gasteiger partial charge in [-0.2, -0.15) is 16.9 Å². The summed E-state index contributed by atoms with van der Waals surface area (Å²) in [7, 11) is -10.9. The molecule has 5 unspecified atom stereocenters. The zero-order valence-corrected chi connectivity index (χ0v) is 20.8. The summed E-state index contributed by atoms with van der Waals surface area (Å²) in [5.41, 5.74) is 0. The van der Waals surface area contributed by atoms with Crippen LogP contribution in [0.4, 0.5) is 0 Å². The molecule has 36 heavy (non-hydrogen) atoms. The predicted molar refractivity (Wildman–Crippen MR) is 117 cm³/mol. The van der Waals surface area contributed by atoms with Gasteiger partial charge in [-0.15, -0.1) is 0 Å². The number of aliphatic hydroxyl groups is 5. The number of carbonyl (C=O) groups excluding carboxylic acids is 1. The first-order valence-corrected chi connectivity index (χ1v) is 13.6. The molecule has 0 radical (unpaired) electrons. The molecule has 3 heterocycles. The van der Waals surface area contributed by atoms with Crippen molar-refractivity contribution in [2.45, 2.75) is 54.4 Å². The average Bonchev–Trinajstić information content (AvgIpc) is 3.06. The summed E-state index contributed by atoms with van der Waals surface area (Å²) in [6.45, 7) is 1.94. The summed E-state index contributed by atoms with van der Waals surface area (Å²) < 4.78 is 48.1. The summed E-state index contributed by atoms with van der Waals surface area (Å²) in [6, 6.07) is 0. The number of phosphoric ester groups is 2. The number of hydrogen-bond acceptors (Lipinski definition) is 15. The van der Waals surface area contributed by atoms with Crippen LogP contribution in [-0.2, 0) is 36.8 Å². The van der Waals surface area contributed by atoms with Gasteiger partial charge in [-0.25, -0.2) is 9.13 Å². The SMILES string of the molecule is C=C1NC(=O)C=CN1[C@@H]1O[C@H](COP(=O)(O)OP(=O)(O)O[C@H]2OC(CO)[C@@H](S)[C@H](O)C2O)C(O)[C@@H]1O. The molecule has 0 aromatic rings. The Hall–Kier alpha value is -0.920. The van der Waals surface area contributed by atoms with Crippen molar-refractivity contribution in [3.05, 3.63) is 24.7 Å². The number of amides is 1. The number of nitrogens with zero attached hydrogens (tertiary/aromatic N) is 1. The van der Waals surface area contributed by atoms with Gasteiger partial charge in [0, 0.05) is 12.3 Å². The molecule has 0 aliphatic carbocycles. The summed E-state index contributed by atoms with van der Waals surface area (Å²) in [5, 5.41) is 50.9. The molecule has 2 fully saturated rings. The zero-order chi connectivity index (χ0) is 27.0. The van der Waals surface area contributed by atoms with Crippen LogP contribution in [0, 0.1) is 0 Å². The molecule has 11 atom stereocenters. The summed E-state index contributed by atoms with van der Waals surface area (Å²) in [5.74, 6) is -0.476. The van der Waals surface area contributed by atoms with Gasteiger partial charge >= 0.3 is 15.6 Å². The van der Waals surface area contributed by atoms with Crippen LogP contribution >= 0.6 is 28.3 Å². The van der Waals surface area contributed by atoms with Gasteiger partial charge in [0.15, 0.2) is 12.5 Å². The van der Waals surface area contributed by atoms with Crippen molar-refractivity contribution in [1.29, 1.82) is 0 Å². The highest BCUT2D eigenvalue weighted by atomic mass is 32.1. The predicted octanol–water partition coefficient (Wildman–Crippen LogP) is -3.16. The summed E-state index contributed by atoms with van der Waals surface area (Å²) >= 11 is 3.95. The number of carbonyl (C=O) groups is 1. The number of hydrogen-bond donors (Lipinski definition) is 9.